The highest BCUT2D eigenvalue weighted by Crippen LogP contribution is 2.20. The molecule has 3 aromatic carbocycles. The number of hydrogen-bond donors (Lipinski definition) is 0. The normalized spacial score (nSPS) is 12.7. The van der Waals surface area contributed by atoms with Crippen LogP contribution >= 0.6 is 0 Å². The summed E-state index contributed by atoms with van der Waals surface area (Å²) in [4.78, 5) is 0. The van der Waals surface area contributed by atoms with Crippen molar-refractivity contribution in [2.45, 2.75) is 52.7 Å². The van der Waals surface area contributed by atoms with Crippen LogP contribution < -0.4 is 10.4 Å². The highest BCUT2D eigenvalue weighted by Gasteiger charge is 2.39. The fourth-order valence-electron chi connectivity index (χ4n) is 4.36. The zero-order chi connectivity index (χ0) is 25.6. The van der Waals surface area contributed by atoms with Crippen LogP contribution in [0, 0.1) is 0 Å². The number of hydrogen-bond acceptors (Lipinski definition) is 2. The second kappa shape index (κ2) is 14.5. The molecule has 0 bridgehead atoms. The third-order valence-corrected chi connectivity index (χ3v) is 10.1. The quantitative estimate of drug-likeness (QED) is 0.174. The Labute approximate surface area is 219 Å². The maximum absolute atomic E-state index is 7.18. The lowest BCUT2D eigenvalue weighted by molar-refractivity contribution is 0.141. The number of rotatable bonds is 14. The van der Waals surface area contributed by atoms with Crippen molar-refractivity contribution in [3.05, 3.63) is 132 Å². The van der Waals surface area contributed by atoms with Crippen LogP contribution in [-0.4, -0.2) is 21.0 Å². The average molecular weight is 497 g/mol. The van der Waals surface area contributed by atoms with Gasteiger partial charge in [-0.25, -0.2) is 0 Å². The van der Waals surface area contributed by atoms with Crippen molar-refractivity contribution in [1.29, 1.82) is 0 Å². The molecule has 3 heteroatoms. The van der Waals surface area contributed by atoms with Gasteiger partial charge in [0.15, 0.2) is 0 Å². The van der Waals surface area contributed by atoms with Crippen molar-refractivity contribution in [1.82, 2.24) is 0 Å². The van der Waals surface area contributed by atoms with Gasteiger partial charge in [-0.05, 0) is 61.5 Å². The second-order valence-electron chi connectivity index (χ2n) is 9.53. The fourth-order valence-corrected chi connectivity index (χ4v) is 8.28. The Morgan fingerprint density at radius 1 is 0.861 bits per heavy atom. The summed E-state index contributed by atoms with van der Waals surface area (Å²) in [6.07, 6.45) is 7.13. The fraction of sp³-hybridized carbons (Fsp3) is 0.273. The van der Waals surface area contributed by atoms with Gasteiger partial charge in [-0.1, -0.05) is 114 Å². The van der Waals surface area contributed by atoms with Crippen LogP contribution in [0.15, 0.2) is 127 Å². The summed E-state index contributed by atoms with van der Waals surface area (Å²) >= 11 is 0. The summed E-state index contributed by atoms with van der Waals surface area (Å²) in [7, 11) is -2.73. The Balaban J connectivity index is 2.00. The van der Waals surface area contributed by atoms with E-state index in [1.807, 2.05) is 24.3 Å². The molecule has 1 unspecified atom stereocenters. The van der Waals surface area contributed by atoms with E-state index in [0.717, 1.165) is 19.3 Å². The predicted molar refractivity (Wildman–Crippen MR) is 156 cm³/mol. The Kier molecular flexibility index (Phi) is 11.2. The summed E-state index contributed by atoms with van der Waals surface area (Å²) in [5.74, 6) is 0. The summed E-state index contributed by atoms with van der Waals surface area (Å²) in [5.41, 5.74) is 6.13. The molecular weight excluding hydrogens is 456 g/mol. The first-order chi connectivity index (χ1) is 17.5. The molecule has 0 radical (unpaired) electrons. The predicted octanol–water partition coefficient (Wildman–Crippen LogP) is 7.16. The van der Waals surface area contributed by atoms with E-state index in [1.165, 1.54) is 27.1 Å². The maximum Gasteiger partial charge on any atom is 0.281 e. The van der Waals surface area contributed by atoms with Crippen molar-refractivity contribution in [3.63, 3.8) is 0 Å². The lowest BCUT2D eigenvalue weighted by Gasteiger charge is -2.34. The maximum atomic E-state index is 7.18. The first-order valence-corrected chi connectivity index (χ1v) is 14.9. The molecule has 0 aliphatic rings. The summed E-state index contributed by atoms with van der Waals surface area (Å²) in [6.45, 7) is 11.7. The molecule has 0 saturated heterocycles. The first-order valence-electron chi connectivity index (χ1n) is 12.9. The summed E-state index contributed by atoms with van der Waals surface area (Å²) in [6, 6.07) is 31.8. The van der Waals surface area contributed by atoms with Gasteiger partial charge in [0.1, 0.15) is 0 Å². The molecule has 3 rings (SSSR count). The smallest absolute Gasteiger partial charge is 0.281 e. The van der Waals surface area contributed by atoms with Gasteiger partial charge in [-0.15, -0.1) is 6.58 Å². The van der Waals surface area contributed by atoms with Crippen LogP contribution in [0.5, 0.6) is 0 Å². The minimum atomic E-state index is -2.73. The Hall–Kier alpha value is -2.98. The number of allylic oxidation sites excluding steroid dienone is 3. The SMILES string of the molecule is C=CC/C(=C/[Si](OC(C)CCC=C(C)C)(c1ccccc1)c1ccccc1)COCc1ccccc1. The van der Waals surface area contributed by atoms with Crippen molar-refractivity contribution in [2.75, 3.05) is 6.61 Å². The molecule has 0 aromatic heterocycles. The van der Waals surface area contributed by atoms with Crippen molar-refractivity contribution in [2.24, 2.45) is 0 Å². The molecule has 0 saturated carbocycles. The zero-order valence-corrected chi connectivity index (χ0v) is 23.0. The standard InChI is InChI=1S/C33H40O2Si/c1-5-16-31(26-34-25-30-19-9-6-10-20-30)27-36(32-21-11-7-12-22-32,33-23-13-8-14-24-33)35-29(4)18-15-17-28(2)3/h5-14,17,19-24,27,29H,1,15-16,18,25-26H2,2-4H3/b31-27-. The molecule has 3 aromatic rings. The Morgan fingerprint density at radius 3 is 1.94 bits per heavy atom. The second-order valence-corrected chi connectivity index (χ2v) is 12.7. The molecule has 2 nitrogen and oxygen atoms in total. The van der Waals surface area contributed by atoms with E-state index in [2.05, 4.69) is 112 Å². The molecule has 0 heterocycles. The van der Waals surface area contributed by atoms with Gasteiger partial charge in [0, 0.05) is 6.10 Å². The molecule has 0 spiro atoms. The Bertz CT molecular complexity index is 1060. The van der Waals surface area contributed by atoms with Gasteiger partial charge in [0.25, 0.3) is 8.32 Å². The van der Waals surface area contributed by atoms with E-state index < -0.39 is 8.32 Å². The van der Waals surface area contributed by atoms with Crippen LogP contribution in [0.1, 0.15) is 45.6 Å². The molecule has 0 fully saturated rings. The van der Waals surface area contributed by atoms with E-state index in [4.69, 9.17) is 9.16 Å². The van der Waals surface area contributed by atoms with E-state index in [-0.39, 0.29) is 6.10 Å². The van der Waals surface area contributed by atoms with Crippen molar-refractivity contribution in [3.8, 4) is 0 Å². The number of ether oxygens (including phenoxy) is 1. The van der Waals surface area contributed by atoms with E-state index in [9.17, 15) is 0 Å². The summed E-state index contributed by atoms with van der Waals surface area (Å²) < 4.78 is 13.4. The highest BCUT2D eigenvalue weighted by molar-refractivity contribution is 7.01. The minimum Gasteiger partial charge on any atom is -0.402 e. The third kappa shape index (κ3) is 8.30. The zero-order valence-electron chi connectivity index (χ0n) is 22.0. The van der Waals surface area contributed by atoms with Crippen molar-refractivity contribution >= 4 is 18.7 Å². The molecule has 0 aliphatic carbocycles. The summed E-state index contributed by atoms with van der Waals surface area (Å²) in [5, 5.41) is 2.49. The largest absolute Gasteiger partial charge is 0.402 e. The van der Waals surface area contributed by atoms with Gasteiger partial charge in [-0.2, -0.15) is 0 Å². The third-order valence-electron chi connectivity index (χ3n) is 6.13. The van der Waals surface area contributed by atoms with E-state index in [0.29, 0.717) is 13.2 Å². The van der Waals surface area contributed by atoms with E-state index >= 15 is 0 Å². The lowest BCUT2D eigenvalue weighted by Crippen LogP contribution is -2.61. The molecular formula is C33H40O2Si. The van der Waals surface area contributed by atoms with Crippen LogP contribution in [0.2, 0.25) is 0 Å². The Morgan fingerprint density at radius 2 is 1.42 bits per heavy atom. The van der Waals surface area contributed by atoms with Gasteiger partial charge in [-0.3, -0.25) is 0 Å². The molecule has 188 valence electrons. The monoisotopic (exact) mass is 496 g/mol. The van der Waals surface area contributed by atoms with Gasteiger partial charge >= 0.3 is 0 Å². The van der Waals surface area contributed by atoms with Crippen LogP contribution in [0.3, 0.4) is 0 Å². The molecule has 0 aliphatic heterocycles. The van der Waals surface area contributed by atoms with E-state index in [1.54, 1.807) is 0 Å². The van der Waals surface area contributed by atoms with Gasteiger partial charge < -0.3 is 9.16 Å². The van der Waals surface area contributed by atoms with Crippen molar-refractivity contribution < 1.29 is 9.16 Å². The molecule has 0 amide bonds. The molecule has 0 N–H and O–H groups in total. The first kappa shape index (κ1) is 27.6. The van der Waals surface area contributed by atoms with Crippen LogP contribution in [-0.2, 0) is 15.8 Å². The lowest BCUT2D eigenvalue weighted by atomic mass is 10.2. The minimum absolute atomic E-state index is 0.110. The van der Waals surface area contributed by atoms with Crippen LogP contribution in [0.4, 0.5) is 0 Å². The molecule has 36 heavy (non-hydrogen) atoms. The average Bonchev–Trinajstić information content (AvgIpc) is 2.90. The molecule has 1 atom stereocenters. The topological polar surface area (TPSA) is 18.5 Å². The highest BCUT2D eigenvalue weighted by atomic mass is 28.4. The van der Waals surface area contributed by atoms with Gasteiger partial charge in [0.2, 0.25) is 0 Å². The number of benzene rings is 3. The van der Waals surface area contributed by atoms with Crippen LogP contribution in [0.25, 0.3) is 0 Å². The van der Waals surface area contributed by atoms with Gasteiger partial charge in [0.05, 0.1) is 13.2 Å².